The molecular weight excluding hydrogens is 284 g/mol. The highest BCUT2D eigenvalue weighted by Gasteiger charge is 2.14. The molecule has 21 heavy (non-hydrogen) atoms. The number of carbonyl (C=O) groups excluding carboxylic acids is 1. The molecule has 2 heterocycles. The van der Waals surface area contributed by atoms with Gasteiger partial charge >= 0.3 is 0 Å². The smallest absolute Gasteiger partial charge is 0.253 e. The molecule has 0 atom stereocenters. The Hall–Kier alpha value is -2.26. The van der Waals surface area contributed by atoms with Crippen LogP contribution in [0.25, 0.3) is 22.2 Å². The third-order valence-corrected chi connectivity index (χ3v) is 3.90. The molecule has 3 aromatic rings. The maximum absolute atomic E-state index is 11.8. The lowest BCUT2D eigenvalue weighted by Crippen LogP contribution is -1.98. The van der Waals surface area contributed by atoms with E-state index in [1.807, 2.05) is 38.1 Å². The number of carbonyl (C=O) groups is 1. The lowest BCUT2D eigenvalue weighted by atomic mass is 10.00. The minimum absolute atomic E-state index is 0.471. The van der Waals surface area contributed by atoms with Crippen LogP contribution >= 0.6 is 11.6 Å². The average molecular weight is 297 g/mol. The summed E-state index contributed by atoms with van der Waals surface area (Å²) in [7, 11) is 0. The summed E-state index contributed by atoms with van der Waals surface area (Å²) in [6.45, 7) is 4.03. The van der Waals surface area contributed by atoms with Crippen molar-refractivity contribution >= 4 is 27.7 Å². The van der Waals surface area contributed by atoms with E-state index >= 15 is 0 Å². The van der Waals surface area contributed by atoms with Gasteiger partial charge in [0.25, 0.3) is 5.24 Å². The van der Waals surface area contributed by atoms with Gasteiger partial charge in [0.15, 0.2) is 0 Å². The van der Waals surface area contributed by atoms with Gasteiger partial charge in [0.2, 0.25) is 0 Å². The van der Waals surface area contributed by atoms with Gasteiger partial charge in [-0.05, 0) is 54.8 Å². The Labute approximate surface area is 127 Å². The van der Waals surface area contributed by atoms with Gasteiger partial charge in [0, 0.05) is 28.9 Å². The molecule has 0 saturated heterocycles. The third-order valence-electron chi connectivity index (χ3n) is 3.69. The predicted octanol–water partition coefficient (Wildman–Crippen LogP) is 4.29. The van der Waals surface area contributed by atoms with Crippen molar-refractivity contribution in [3.05, 3.63) is 59.4 Å². The van der Waals surface area contributed by atoms with Crippen molar-refractivity contribution in [2.75, 3.05) is 0 Å². The maximum Gasteiger partial charge on any atom is 0.253 e. The van der Waals surface area contributed by atoms with Gasteiger partial charge in [-0.25, -0.2) is 4.98 Å². The monoisotopic (exact) mass is 296 g/mol. The predicted molar refractivity (Wildman–Crippen MR) is 84.6 cm³/mol. The highest BCUT2D eigenvalue weighted by Crippen LogP contribution is 2.28. The van der Waals surface area contributed by atoms with Crippen LogP contribution < -0.4 is 0 Å². The van der Waals surface area contributed by atoms with Crippen molar-refractivity contribution in [3.8, 4) is 11.3 Å². The lowest BCUT2D eigenvalue weighted by Gasteiger charge is -2.10. The van der Waals surface area contributed by atoms with Gasteiger partial charge in [-0.1, -0.05) is 12.1 Å². The summed E-state index contributed by atoms with van der Waals surface area (Å²) in [5.74, 6) is 0. The second kappa shape index (κ2) is 5.26. The largest absolute Gasteiger partial charge is 0.276 e. The van der Waals surface area contributed by atoms with Crippen molar-refractivity contribution in [2.24, 2.45) is 0 Å². The third kappa shape index (κ3) is 2.41. The van der Waals surface area contributed by atoms with E-state index in [-0.39, 0.29) is 0 Å². The summed E-state index contributed by atoms with van der Waals surface area (Å²) in [6.07, 6.45) is 3.40. The molecule has 0 aliphatic rings. The van der Waals surface area contributed by atoms with E-state index in [9.17, 15) is 4.79 Å². The molecule has 0 unspecified atom stereocenters. The first-order chi connectivity index (χ1) is 10.1. The summed E-state index contributed by atoms with van der Waals surface area (Å²) >= 11 is 5.75. The molecule has 0 N–H and O–H groups in total. The molecule has 0 amide bonds. The maximum atomic E-state index is 11.8. The number of pyridine rings is 2. The number of nitrogens with zero attached hydrogens (tertiary/aromatic N) is 2. The zero-order valence-corrected chi connectivity index (χ0v) is 12.5. The summed E-state index contributed by atoms with van der Waals surface area (Å²) in [5, 5.41) is 0.317. The van der Waals surface area contributed by atoms with Gasteiger partial charge in [0.1, 0.15) is 0 Å². The zero-order valence-electron chi connectivity index (χ0n) is 11.7. The van der Waals surface area contributed by atoms with Crippen LogP contribution in [0, 0.1) is 13.8 Å². The van der Waals surface area contributed by atoms with Gasteiger partial charge in [-0.15, -0.1) is 0 Å². The van der Waals surface area contributed by atoms with Crippen molar-refractivity contribution < 1.29 is 4.79 Å². The SMILES string of the molecule is Cc1ccc2c(C(=O)Cl)cc(-c3ccncc3)nc2c1C. The summed E-state index contributed by atoms with van der Waals surface area (Å²) in [4.78, 5) is 20.5. The van der Waals surface area contributed by atoms with Crippen LogP contribution in [0.2, 0.25) is 0 Å². The molecule has 0 saturated carbocycles. The van der Waals surface area contributed by atoms with Crippen LogP contribution in [0.15, 0.2) is 42.7 Å². The van der Waals surface area contributed by atoms with Crippen LogP contribution in [0.3, 0.4) is 0 Å². The quantitative estimate of drug-likeness (QED) is 0.662. The van der Waals surface area contributed by atoms with E-state index in [1.54, 1.807) is 18.5 Å². The number of halogens is 1. The van der Waals surface area contributed by atoms with Crippen LogP contribution in [0.1, 0.15) is 21.5 Å². The second-order valence-electron chi connectivity index (χ2n) is 4.97. The molecule has 0 spiro atoms. The van der Waals surface area contributed by atoms with Crippen LogP contribution in [-0.4, -0.2) is 15.2 Å². The van der Waals surface area contributed by atoms with E-state index in [0.29, 0.717) is 5.56 Å². The van der Waals surface area contributed by atoms with Crippen LogP contribution in [0.5, 0.6) is 0 Å². The summed E-state index contributed by atoms with van der Waals surface area (Å²) in [5.41, 5.74) is 5.12. The molecule has 0 aliphatic carbocycles. The molecule has 0 radical (unpaired) electrons. The van der Waals surface area contributed by atoms with Crippen molar-refractivity contribution in [2.45, 2.75) is 13.8 Å². The first-order valence-corrected chi connectivity index (χ1v) is 6.97. The average Bonchev–Trinajstić information content (AvgIpc) is 2.51. The molecule has 0 bridgehead atoms. The Morgan fingerprint density at radius 2 is 1.81 bits per heavy atom. The van der Waals surface area contributed by atoms with E-state index in [0.717, 1.165) is 33.3 Å². The fourth-order valence-electron chi connectivity index (χ4n) is 2.36. The number of rotatable bonds is 2. The molecular formula is C17H13ClN2O. The molecule has 1 aromatic carbocycles. The molecule has 2 aromatic heterocycles. The van der Waals surface area contributed by atoms with Crippen LogP contribution in [0.4, 0.5) is 0 Å². The Balaban J connectivity index is 2.39. The highest BCUT2D eigenvalue weighted by molar-refractivity contribution is 6.68. The number of hydrogen-bond donors (Lipinski definition) is 0. The normalized spacial score (nSPS) is 10.8. The van der Waals surface area contributed by atoms with E-state index in [4.69, 9.17) is 16.6 Å². The molecule has 3 nitrogen and oxygen atoms in total. The number of benzene rings is 1. The van der Waals surface area contributed by atoms with Gasteiger partial charge < -0.3 is 0 Å². The molecule has 0 fully saturated rings. The minimum Gasteiger partial charge on any atom is -0.276 e. The topological polar surface area (TPSA) is 42.9 Å². The van der Waals surface area contributed by atoms with Crippen LogP contribution in [-0.2, 0) is 0 Å². The number of hydrogen-bond acceptors (Lipinski definition) is 3. The molecule has 3 rings (SSSR count). The Morgan fingerprint density at radius 3 is 2.48 bits per heavy atom. The minimum atomic E-state index is -0.471. The Kier molecular flexibility index (Phi) is 3.43. The highest BCUT2D eigenvalue weighted by atomic mass is 35.5. The van der Waals surface area contributed by atoms with Gasteiger partial charge in [-0.2, -0.15) is 0 Å². The van der Waals surface area contributed by atoms with E-state index in [2.05, 4.69) is 4.98 Å². The number of fused-ring (bicyclic) bond motifs is 1. The first kappa shape index (κ1) is 13.7. The lowest BCUT2D eigenvalue weighted by molar-refractivity contribution is 0.108. The fourth-order valence-corrected chi connectivity index (χ4v) is 2.52. The number of aryl methyl sites for hydroxylation is 2. The zero-order chi connectivity index (χ0) is 15.0. The van der Waals surface area contributed by atoms with Crippen molar-refractivity contribution in [1.29, 1.82) is 0 Å². The molecule has 104 valence electrons. The first-order valence-electron chi connectivity index (χ1n) is 6.59. The standard InChI is InChI=1S/C17H13ClN2O/c1-10-3-4-13-14(17(18)21)9-15(20-16(13)11(10)2)12-5-7-19-8-6-12/h3-9H,1-2H3. The Bertz CT molecular complexity index is 844. The van der Waals surface area contributed by atoms with Gasteiger partial charge in [0.05, 0.1) is 11.2 Å². The molecule has 4 heteroatoms. The summed E-state index contributed by atoms with van der Waals surface area (Å²) in [6, 6.07) is 9.34. The van der Waals surface area contributed by atoms with E-state index < -0.39 is 5.24 Å². The van der Waals surface area contributed by atoms with Crippen molar-refractivity contribution in [1.82, 2.24) is 9.97 Å². The van der Waals surface area contributed by atoms with Crippen molar-refractivity contribution in [3.63, 3.8) is 0 Å². The fraction of sp³-hybridized carbons (Fsp3) is 0.118. The van der Waals surface area contributed by atoms with E-state index in [1.165, 1.54) is 0 Å². The van der Waals surface area contributed by atoms with Gasteiger partial charge in [-0.3, -0.25) is 9.78 Å². The Morgan fingerprint density at radius 1 is 1.10 bits per heavy atom. The number of aromatic nitrogens is 2. The summed E-state index contributed by atoms with van der Waals surface area (Å²) < 4.78 is 0. The molecule has 0 aliphatic heterocycles. The second-order valence-corrected chi connectivity index (χ2v) is 5.31.